The zero-order valence-corrected chi connectivity index (χ0v) is 25.2. The van der Waals surface area contributed by atoms with Crippen molar-refractivity contribution in [2.24, 2.45) is 0 Å². The number of thiazole rings is 1. The average molecular weight is 577 g/mol. The van der Waals surface area contributed by atoms with Crippen molar-refractivity contribution in [1.82, 2.24) is 9.88 Å². The first-order chi connectivity index (χ1) is 19.2. The molecule has 0 N–H and O–H groups in total. The number of nitrogens with zero attached hydrogens (tertiary/aromatic N) is 4. The molecule has 4 aromatic rings. The minimum atomic E-state index is -3.75. The molecule has 40 heavy (non-hydrogen) atoms. The van der Waals surface area contributed by atoms with E-state index in [1.54, 1.807) is 29.2 Å². The number of hydrogen-bond donors (Lipinski definition) is 0. The molecule has 1 aliphatic heterocycles. The van der Waals surface area contributed by atoms with Crippen LogP contribution in [0.5, 0.6) is 0 Å². The van der Waals surface area contributed by atoms with Crippen LogP contribution in [-0.2, 0) is 16.4 Å². The summed E-state index contributed by atoms with van der Waals surface area (Å²) in [6, 6.07) is 18.2. The molecule has 1 aliphatic rings. The Kier molecular flexibility index (Phi) is 8.26. The van der Waals surface area contributed by atoms with Gasteiger partial charge in [0.05, 0.1) is 20.8 Å². The summed E-state index contributed by atoms with van der Waals surface area (Å²) in [5.41, 5.74) is 5.36. The highest BCUT2D eigenvalue weighted by atomic mass is 32.2. The minimum absolute atomic E-state index is 0.182. The van der Waals surface area contributed by atoms with Crippen molar-refractivity contribution in [2.75, 3.05) is 41.9 Å². The van der Waals surface area contributed by atoms with E-state index >= 15 is 0 Å². The van der Waals surface area contributed by atoms with Gasteiger partial charge in [-0.1, -0.05) is 49.4 Å². The Bertz CT molecular complexity index is 1630. The van der Waals surface area contributed by atoms with Crippen molar-refractivity contribution in [2.45, 2.75) is 45.4 Å². The van der Waals surface area contributed by atoms with Gasteiger partial charge in [0.25, 0.3) is 15.9 Å². The topological polar surface area (TPSA) is 73.8 Å². The predicted octanol–water partition coefficient (Wildman–Crippen LogP) is 6.04. The Hall–Kier alpha value is -3.27. The number of carbonyl (C=O) groups is 1. The average Bonchev–Trinajstić information content (AvgIpc) is 3.39. The maximum absolute atomic E-state index is 13.9. The quantitative estimate of drug-likeness (QED) is 0.243. The van der Waals surface area contributed by atoms with E-state index in [9.17, 15) is 13.2 Å². The fourth-order valence-electron chi connectivity index (χ4n) is 5.34. The van der Waals surface area contributed by atoms with Crippen LogP contribution in [0.15, 0.2) is 65.6 Å². The smallest absolute Gasteiger partial charge is 0.264 e. The van der Waals surface area contributed by atoms with E-state index in [-0.39, 0.29) is 10.8 Å². The molecule has 0 unspecified atom stereocenters. The van der Waals surface area contributed by atoms with Gasteiger partial charge in [-0.05, 0) is 92.9 Å². The van der Waals surface area contributed by atoms with Gasteiger partial charge in [-0.15, -0.1) is 0 Å². The van der Waals surface area contributed by atoms with Crippen LogP contribution in [-0.4, -0.2) is 56.9 Å². The monoisotopic (exact) mass is 576 g/mol. The van der Waals surface area contributed by atoms with E-state index in [0.717, 1.165) is 58.5 Å². The molecule has 9 heteroatoms. The lowest BCUT2D eigenvalue weighted by molar-refractivity contribution is 0.0983. The molecule has 0 saturated carbocycles. The second-order valence-electron chi connectivity index (χ2n) is 10.2. The molecule has 0 fully saturated rings. The van der Waals surface area contributed by atoms with Gasteiger partial charge in [-0.2, -0.15) is 0 Å². The SMILES string of the molecule is CCN(CC)CCN(C(=O)c1ccc(S(=O)(=O)N2CCCc3ccccc32)cc1)c1nc2c(C)cc(C)cc2s1. The highest BCUT2D eigenvalue weighted by Gasteiger charge is 2.29. The van der Waals surface area contributed by atoms with Crippen molar-refractivity contribution in [3.8, 4) is 0 Å². The number of amides is 1. The predicted molar refractivity (Wildman–Crippen MR) is 164 cm³/mol. The molecule has 5 rings (SSSR count). The minimum Gasteiger partial charge on any atom is -0.302 e. The maximum Gasteiger partial charge on any atom is 0.264 e. The van der Waals surface area contributed by atoms with Crippen LogP contribution in [0.1, 0.15) is 47.3 Å². The molecule has 3 aromatic carbocycles. The van der Waals surface area contributed by atoms with Crippen LogP contribution in [0, 0.1) is 13.8 Å². The molecule has 1 amide bonds. The number of hydrogen-bond acceptors (Lipinski definition) is 6. The summed E-state index contributed by atoms with van der Waals surface area (Å²) in [5, 5.41) is 0.655. The molecule has 0 spiro atoms. The molecule has 1 aromatic heterocycles. The number of para-hydroxylation sites is 1. The van der Waals surface area contributed by atoms with E-state index in [2.05, 4.69) is 37.8 Å². The van der Waals surface area contributed by atoms with Gasteiger partial charge in [-0.25, -0.2) is 13.4 Å². The molecule has 2 heterocycles. The third-order valence-corrected chi connectivity index (χ3v) is 10.4. The first-order valence-electron chi connectivity index (χ1n) is 13.9. The Morgan fingerprint density at radius 2 is 1.73 bits per heavy atom. The lowest BCUT2D eigenvalue weighted by atomic mass is 10.0. The molecule has 7 nitrogen and oxygen atoms in total. The van der Waals surface area contributed by atoms with E-state index in [1.807, 2.05) is 31.2 Å². The zero-order chi connectivity index (χ0) is 28.4. The van der Waals surface area contributed by atoms with Crippen LogP contribution < -0.4 is 9.21 Å². The van der Waals surface area contributed by atoms with E-state index < -0.39 is 10.0 Å². The number of sulfonamides is 1. The van der Waals surface area contributed by atoms with Crippen molar-refractivity contribution in [3.05, 3.63) is 82.9 Å². The van der Waals surface area contributed by atoms with Crippen molar-refractivity contribution < 1.29 is 13.2 Å². The summed E-state index contributed by atoms with van der Waals surface area (Å²) in [7, 11) is -3.75. The molecular weight excluding hydrogens is 541 g/mol. The third-order valence-electron chi connectivity index (χ3n) is 7.59. The lowest BCUT2D eigenvalue weighted by Crippen LogP contribution is -2.39. The first kappa shape index (κ1) is 28.3. The number of anilines is 2. The van der Waals surface area contributed by atoms with Crippen molar-refractivity contribution >= 4 is 48.3 Å². The fraction of sp³-hybridized carbons (Fsp3) is 0.355. The third kappa shape index (κ3) is 5.50. The summed E-state index contributed by atoms with van der Waals surface area (Å²) >= 11 is 1.52. The van der Waals surface area contributed by atoms with Gasteiger partial charge in [0.2, 0.25) is 0 Å². The Balaban J connectivity index is 1.45. The van der Waals surface area contributed by atoms with Crippen LogP contribution in [0.2, 0.25) is 0 Å². The Morgan fingerprint density at radius 3 is 2.45 bits per heavy atom. The van der Waals surface area contributed by atoms with E-state index in [4.69, 9.17) is 4.98 Å². The number of fused-ring (bicyclic) bond motifs is 2. The summed E-state index contributed by atoms with van der Waals surface area (Å²) in [5.74, 6) is -0.187. The Labute approximate surface area is 241 Å². The highest BCUT2D eigenvalue weighted by molar-refractivity contribution is 7.92. The Morgan fingerprint density at radius 1 is 1.00 bits per heavy atom. The van der Waals surface area contributed by atoms with Crippen LogP contribution in [0.4, 0.5) is 10.8 Å². The molecule has 0 atom stereocenters. The number of rotatable bonds is 9. The first-order valence-corrected chi connectivity index (χ1v) is 16.1. The molecule has 0 aliphatic carbocycles. The van der Waals surface area contributed by atoms with Crippen molar-refractivity contribution in [1.29, 1.82) is 0 Å². The standard InChI is InChI=1S/C31H36N4O3S2/c1-5-33(6-2)18-19-34(31-32-29-23(4)20-22(3)21-28(29)39-31)30(36)25-13-15-26(16-14-25)40(37,38)35-17-9-11-24-10-7-8-12-27(24)35/h7-8,10,12-16,20-21H,5-6,9,11,17-19H2,1-4H3. The summed E-state index contributed by atoms with van der Waals surface area (Å²) < 4.78 is 29.8. The van der Waals surface area contributed by atoms with E-state index in [1.165, 1.54) is 15.6 Å². The number of aryl methyl sites for hydroxylation is 3. The van der Waals surface area contributed by atoms with Crippen LogP contribution >= 0.6 is 11.3 Å². The molecule has 0 saturated heterocycles. The van der Waals surface area contributed by atoms with E-state index in [0.29, 0.717) is 30.3 Å². The molecular formula is C31H36N4O3S2. The van der Waals surface area contributed by atoms with Crippen LogP contribution in [0.3, 0.4) is 0 Å². The number of aromatic nitrogens is 1. The zero-order valence-electron chi connectivity index (χ0n) is 23.6. The molecule has 0 radical (unpaired) electrons. The van der Waals surface area contributed by atoms with Gasteiger partial charge in [0, 0.05) is 25.2 Å². The normalized spacial score (nSPS) is 13.6. The number of likely N-dealkylation sites (N-methyl/N-ethyl adjacent to an activating group) is 1. The second kappa shape index (κ2) is 11.7. The fourth-order valence-corrected chi connectivity index (χ4v) is 8.05. The maximum atomic E-state index is 13.9. The largest absolute Gasteiger partial charge is 0.302 e. The van der Waals surface area contributed by atoms with Gasteiger partial charge >= 0.3 is 0 Å². The molecule has 0 bridgehead atoms. The number of benzene rings is 3. The van der Waals surface area contributed by atoms with Crippen LogP contribution in [0.25, 0.3) is 10.2 Å². The highest BCUT2D eigenvalue weighted by Crippen LogP contribution is 2.34. The summed E-state index contributed by atoms with van der Waals surface area (Å²) in [4.78, 5) is 23.0. The van der Waals surface area contributed by atoms with Gasteiger partial charge in [0.15, 0.2) is 5.13 Å². The van der Waals surface area contributed by atoms with Gasteiger partial charge < -0.3 is 4.90 Å². The molecule has 210 valence electrons. The van der Waals surface area contributed by atoms with Gasteiger partial charge in [0.1, 0.15) is 0 Å². The summed E-state index contributed by atoms with van der Waals surface area (Å²) in [6.07, 6.45) is 1.64. The lowest BCUT2D eigenvalue weighted by Gasteiger charge is -2.30. The van der Waals surface area contributed by atoms with Gasteiger partial charge in [-0.3, -0.25) is 14.0 Å². The van der Waals surface area contributed by atoms with Crippen molar-refractivity contribution in [3.63, 3.8) is 0 Å². The second-order valence-corrected chi connectivity index (χ2v) is 13.1. The summed E-state index contributed by atoms with van der Waals surface area (Å²) in [6.45, 7) is 11.8. The number of carbonyl (C=O) groups excluding carboxylic acids is 1.